The molecule has 9 nitrogen and oxygen atoms in total. The second-order valence-corrected chi connectivity index (χ2v) is 10.7. The molecule has 10 heteroatoms. The van der Waals surface area contributed by atoms with Gasteiger partial charge in [-0.15, -0.1) is 0 Å². The molecule has 0 aliphatic carbocycles. The molecule has 1 N–H and O–H groups in total. The van der Waals surface area contributed by atoms with Crippen molar-refractivity contribution in [1.82, 2.24) is 19.8 Å². The highest BCUT2D eigenvalue weighted by molar-refractivity contribution is 7.89. The fourth-order valence-electron chi connectivity index (χ4n) is 4.49. The molecule has 5 rings (SSSR count). The van der Waals surface area contributed by atoms with Gasteiger partial charge >= 0.3 is 0 Å². The molecule has 0 saturated carbocycles. The molecule has 2 aromatic carbocycles. The van der Waals surface area contributed by atoms with Crippen molar-refractivity contribution >= 4 is 15.9 Å². The van der Waals surface area contributed by atoms with Crippen molar-refractivity contribution < 1.29 is 22.5 Å². The molecule has 0 radical (unpaired) electrons. The third-order valence-corrected chi connectivity index (χ3v) is 7.98. The topological polar surface area (TPSA) is 115 Å². The Hall–Kier alpha value is -3.08. The standard InChI is InChI=1S/C25H28N4O5S/c30-25(20-5-2-1-3-6-20)29-14-12-19(13-15-29)24-27-23(28-34-24)18-8-10-22(11-9-18)35(31,32)26-17-21-7-4-16-33-21/h1-3,5-6,8-11,19,21,26H,4,7,12-17H2/t21-/m1/s1. The van der Waals surface area contributed by atoms with Crippen molar-refractivity contribution in [1.29, 1.82) is 0 Å². The Morgan fingerprint density at radius 3 is 2.46 bits per heavy atom. The Balaban J connectivity index is 1.18. The van der Waals surface area contributed by atoms with Gasteiger partial charge in [0.25, 0.3) is 5.91 Å². The number of nitrogens with one attached hydrogen (secondary N) is 1. The van der Waals surface area contributed by atoms with Crippen LogP contribution in [0.1, 0.15) is 47.8 Å². The first-order chi connectivity index (χ1) is 17.0. The average molecular weight is 497 g/mol. The number of aromatic nitrogens is 2. The molecule has 2 aliphatic heterocycles. The number of ether oxygens (including phenoxy) is 1. The van der Waals surface area contributed by atoms with E-state index in [1.165, 1.54) is 12.1 Å². The lowest BCUT2D eigenvalue weighted by molar-refractivity contribution is 0.0704. The summed E-state index contributed by atoms with van der Waals surface area (Å²) in [4.78, 5) is 19.2. The van der Waals surface area contributed by atoms with Gasteiger partial charge in [-0.1, -0.05) is 23.4 Å². The number of carbonyl (C=O) groups excluding carboxylic acids is 1. The number of hydrogen-bond acceptors (Lipinski definition) is 7. The first kappa shape index (κ1) is 23.7. The van der Waals surface area contributed by atoms with Gasteiger partial charge in [-0.25, -0.2) is 13.1 Å². The van der Waals surface area contributed by atoms with Crippen LogP contribution in [0.25, 0.3) is 11.4 Å². The summed E-state index contributed by atoms with van der Waals surface area (Å²) in [5, 5.41) is 4.10. The normalized spacial score (nSPS) is 19.2. The quantitative estimate of drug-likeness (QED) is 0.534. The van der Waals surface area contributed by atoms with Gasteiger partial charge < -0.3 is 14.2 Å². The number of piperidine rings is 1. The maximum Gasteiger partial charge on any atom is 0.253 e. The number of rotatable bonds is 7. The van der Waals surface area contributed by atoms with E-state index in [-0.39, 0.29) is 29.4 Å². The number of likely N-dealkylation sites (tertiary alicyclic amines) is 1. The van der Waals surface area contributed by atoms with Gasteiger partial charge in [-0.2, -0.15) is 4.98 Å². The van der Waals surface area contributed by atoms with E-state index in [2.05, 4.69) is 14.9 Å². The molecular formula is C25H28N4O5S. The van der Waals surface area contributed by atoms with Crippen molar-refractivity contribution in [2.75, 3.05) is 26.2 Å². The van der Waals surface area contributed by atoms with E-state index in [1.54, 1.807) is 12.1 Å². The number of amides is 1. The van der Waals surface area contributed by atoms with Crippen LogP contribution in [-0.4, -0.2) is 61.7 Å². The van der Waals surface area contributed by atoms with E-state index < -0.39 is 10.0 Å². The molecule has 184 valence electrons. The van der Waals surface area contributed by atoms with Crippen molar-refractivity contribution in [3.05, 3.63) is 66.1 Å². The Bertz CT molecular complexity index is 1250. The zero-order valence-corrected chi connectivity index (χ0v) is 20.1. The molecule has 1 atom stereocenters. The highest BCUT2D eigenvalue weighted by Gasteiger charge is 2.28. The smallest absolute Gasteiger partial charge is 0.253 e. The van der Waals surface area contributed by atoms with Crippen molar-refractivity contribution in [2.24, 2.45) is 0 Å². The van der Waals surface area contributed by atoms with Crippen LogP contribution in [0.3, 0.4) is 0 Å². The molecule has 0 bridgehead atoms. The number of benzene rings is 2. The van der Waals surface area contributed by atoms with Crippen LogP contribution in [0.4, 0.5) is 0 Å². The summed E-state index contributed by atoms with van der Waals surface area (Å²) in [6.45, 7) is 2.20. The Morgan fingerprint density at radius 2 is 1.77 bits per heavy atom. The molecule has 1 amide bonds. The summed E-state index contributed by atoms with van der Waals surface area (Å²) in [5.41, 5.74) is 1.37. The SMILES string of the molecule is O=C(c1ccccc1)N1CCC(c2nc(-c3ccc(S(=O)(=O)NC[C@H]4CCCO4)cc3)no2)CC1. The number of sulfonamides is 1. The maximum atomic E-state index is 12.7. The van der Waals surface area contributed by atoms with E-state index >= 15 is 0 Å². The summed E-state index contributed by atoms with van der Waals surface area (Å²) in [5.74, 6) is 1.08. The van der Waals surface area contributed by atoms with Crippen molar-refractivity contribution in [3.8, 4) is 11.4 Å². The molecule has 0 unspecified atom stereocenters. The van der Waals surface area contributed by atoms with Gasteiger partial charge in [0.1, 0.15) is 0 Å². The Kier molecular flexibility index (Phi) is 6.94. The van der Waals surface area contributed by atoms with E-state index in [4.69, 9.17) is 9.26 Å². The van der Waals surface area contributed by atoms with Crippen LogP contribution in [0.2, 0.25) is 0 Å². The molecule has 2 saturated heterocycles. The van der Waals surface area contributed by atoms with Gasteiger partial charge in [-0.05, 0) is 62.1 Å². The van der Waals surface area contributed by atoms with Crippen LogP contribution in [0.15, 0.2) is 64.0 Å². The van der Waals surface area contributed by atoms with Crippen molar-refractivity contribution in [3.63, 3.8) is 0 Å². The third kappa shape index (κ3) is 5.44. The second kappa shape index (κ2) is 10.3. The van der Waals surface area contributed by atoms with Gasteiger partial charge in [0.15, 0.2) is 0 Å². The van der Waals surface area contributed by atoms with Gasteiger partial charge in [0, 0.05) is 43.3 Å². The van der Waals surface area contributed by atoms with Crippen LogP contribution < -0.4 is 4.72 Å². The number of carbonyl (C=O) groups is 1. The van der Waals surface area contributed by atoms with Crippen LogP contribution in [0.5, 0.6) is 0 Å². The summed E-state index contributed by atoms with van der Waals surface area (Å²) < 4.78 is 38.8. The maximum absolute atomic E-state index is 12.7. The minimum Gasteiger partial charge on any atom is -0.377 e. The van der Waals surface area contributed by atoms with Gasteiger partial charge in [0.2, 0.25) is 21.7 Å². The first-order valence-corrected chi connectivity index (χ1v) is 13.4. The number of hydrogen-bond donors (Lipinski definition) is 1. The summed E-state index contributed by atoms with van der Waals surface area (Å²) in [6.07, 6.45) is 3.25. The van der Waals surface area contributed by atoms with Crippen LogP contribution >= 0.6 is 0 Å². The van der Waals surface area contributed by atoms with E-state index in [9.17, 15) is 13.2 Å². The van der Waals surface area contributed by atoms with E-state index in [0.29, 0.717) is 42.5 Å². The largest absolute Gasteiger partial charge is 0.377 e. The third-order valence-electron chi connectivity index (χ3n) is 6.54. The highest BCUT2D eigenvalue weighted by atomic mass is 32.2. The molecular weight excluding hydrogens is 468 g/mol. The fourth-order valence-corrected chi connectivity index (χ4v) is 5.55. The fraction of sp³-hybridized carbons (Fsp3) is 0.400. The molecule has 3 heterocycles. The van der Waals surface area contributed by atoms with Crippen LogP contribution in [-0.2, 0) is 14.8 Å². The molecule has 2 aliphatic rings. The zero-order valence-electron chi connectivity index (χ0n) is 19.3. The summed E-state index contributed by atoms with van der Waals surface area (Å²) >= 11 is 0. The minimum atomic E-state index is -3.62. The average Bonchev–Trinajstić information content (AvgIpc) is 3.61. The molecule has 35 heavy (non-hydrogen) atoms. The Morgan fingerprint density at radius 1 is 1.03 bits per heavy atom. The second-order valence-electron chi connectivity index (χ2n) is 8.90. The highest BCUT2D eigenvalue weighted by Crippen LogP contribution is 2.29. The zero-order chi connectivity index (χ0) is 24.3. The molecule has 2 fully saturated rings. The summed E-state index contributed by atoms with van der Waals surface area (Å²) in [6, 6.07) is 15.7. The molecule has 0 spiro atoms. The predicted octanol–water partition coefficient (Wildman–Crippen LogP) is 3.21. The monoisotopic (exact) mass is 496 g/mol. The lowest BCUT2D eigenvalue weighted by atomic mass is 9.96. The van der Waals surface area contributed by atoms with Crippen LogP contribution in [0, 0.1) is 0 Å². The molecule has 1 aromatic heterocycles. The van der Waals surface area contributed by atoms with E-state index in [0.717, 1.165) is 25.7 Å². The van der Waals surface area contributed by atoms with Crippen molar-refractivity contribution in [2.45, 2.75) is 42.6 Å². The van der Waals surface area contributed by atoms with E-state index in [1.807, 2.05) is 35.2 Å². The predicted molar refractivity (Wildman–Crippen MR) is 128 cm³/mol. The summed E-state index contributed by atoms with van der Waals surface area (Å²) in [7, 11) is -3.62. The molecule has 3 aromatic rings. The first-order valence-electron chi connectivity index (χ1n) is 11.9. The van der Waals surface area contributed by atoms with Gasteiger partial charge in [-0.3, -0.25) is 4.79 Å². The lowest BCUT2D eigenvalue weighted by Gasteiger charge is -2.30. The minimum absolute atomic E-state index is 0.0376. The number of nitrogens with zero attached hydrogens (tertiary/aromatic N) is 3. The lowest BCUT2D eigenvalue weighted by Crippen LogP contribution is -2.37. The Labute approximate surface area is 204 Å². The van der Waals surface area contributed by atoms with Gasteiger partial charge in [0.05, 0.1) is 11.0 Å².